The molecular formula is C15H28Si2. The maximum atomic E-state index is 2.62. The first kappa shape index (κ1) is 12.2. The number of hydrogen-bond donors (Lipinski definition) is 0. The summed E-state index contributed by atoms with van der Waals surface area (Å²) in [6.45, 7) is 15.7. The second-order valence-corrected chi connectivity index (χ2v) is 19.7. The molecule has 2 saturated carbocycles. The fourth-order valence-corrected chi connectivity index (χ4v) is 14.3. The Balaban J connectivity index is 1.95. The summed E-state index contributed by atoms with van der Waals surface area (Å²) in [6.07, 6.45) is 6.65. The molecule has 4 unspecified atom stereocenters. The minimum atomic E-state index is -0.969. The van der Waals surface area contributed by atoms with E-state index in [1.807, 2.05) is 0 Å². The van der Waals surface area contributed by atoms with Crippen LogP contribution in [0.2, 0.25) is 50.4 Å². The lowest BCUT2D eigenvalue weighted by atomic mass is 9.66. The van der Waals surface area contributed by atoms with Crippen molar-refractivity contribution in [3.05, 3.63) is 12.2 Å². The van der Waals surface area contributed by atoms with Crippen LogP contribution >= 0.6 is 0 Å². The predicted molar refractivity (Wildman–Crippen MR) is 81.9 cm³/mol. The van der Waals surface area contributed by atoms with E-state index in [2.05, 4.69) is 51.4 Å². The van der Waals surface area contributed by atoms with E-state index in [0.717, 1.165) is 34.8 Å². The van der Waals surface area contributed by atoms with Crippen LogP contribution in [0.5, 0.6) is 0 Å². The first-order chi connectivity index (χ1) is 7.71. The van der Waals surface area contributed by atoms with Gasteiger partial charge in [-0.05, 0) is 41.2 Å². The van der Waals surface area contributed by atoms with Crippen molar-refractivity contribution < 1.29 is 0 Å². The third-order valence-corrected chi connectivity index (χ3v) is 11.6. The van der Waals surface area contributed by atoms with Gasteiger partial charge in [0.25, 0.3) is 0 Å². The highest BCUT2D eigenvalue weighted by Gasteiger charge is 2.66. The van der Waals surface area contributed by atoms with E-state index in [1.54, 1.807) is 0 Å². The number of allylic oxidation sites excluding steroid dienone is 2. The molecule has 3 aliphatic rings. The molecule has 0 aliphatic heterocycles. The van der Waals surface area contributed by atoms with Crippen molar-refractivity contribution >= 4 is 16.1 Å². The van der Waals surface area contributed by atoms with Crippen LogP contribution in [-0.4, -0.2) is 16.1 Å². The van der Waals surface area contributed by atoms with Gasteiger partial charge in [-0.3, -0.25) is 0 Å². The summed E-state index contributed by atoms with van der Waals surface area (Å²) in [4.78, 5) is 0. The maximum absolute atomic E-state index is 2.62. The van der Waals surface area contributed by atoms with Crippen LogP contribution in [-0.2, 0) is 0 Å². The Labute approximate surface area is 109 Å². The Bertz CT molecular complexity index is 324. The van der Waals surface area contributed by atoms with Crippen molar-refractivity contribution in [2.24, 2.45) is 23.7 Å². The molecule has 0 saturated heterocycles. The molecule has 3 aliphatic carbocycles. The first-order valence-electron chi connectivity index (χ1n) is 7.39. The Morgan fingerprint density at radius 2 is 1.06 bits per heavy atom. The van der Waals surface area contributed by atoms with Crippen molar-refractivity contribution in [2.75, 3.05) is 0 Å². The standard InChI is InChI=1S/C15H28Si2/c1-16(2,3)14-12-10-7-8-11(9-10)13(12)15(14)17(4,5)6/h7-8,10-15H,9H2,1-6H3/t10?,11?,12?,13?,14-,15-/m1/s1. The summed E-state index contributed by atoms with van der Waals surface area (Å²) in [6, 6.07) is 0. The normalized spacial score (nSPS) is 48.1. The lowest BCUT2D eigenvalue weighted by Crippen LogP contribution is -2.58. The Morgan fingerprint density at radius 1 is 0.706 bits per heavy atom. The molecular weight excluding hydrogens is 236 g/mol. The fourth-order valence-electron chi connectivity index (χ4n) is 5.48. The van der Waals surface area contributed by atoms with E-state index in [1.165, 1.54) is 6.42 Å². The molecule has 3 rings (SSSR count). The topological polar surface area (TPSA) is 0 Å². The minimum Gasteiger partial charge on any atom is -0.0848 e. The highest BCUT2D eigenvalue weighted by molar-refractivity contribution is 6.84. The molecule has 0 N–H and O–H groups in total. The van der Waals surface area contributed by atoms with E-state index >= 15 is 0 Å². The molecule has 0 aromatic carbocycles. The largest absolute Gasteiger partial charge is 0.0848 e. The molecule has 17 heavy (non-hydrogen) atoms. The van der Waals surface area contributed by atoms with E-state index in [9.17, 15) is 0 Å². The molecule has 0 aromatic heterocycles. The molecule has 6 atom stereocenters. The molecule has 0 aromatic rings. The van der Waals surface area contributed by atoms with E-state index in [0.29, 0.717) is 0 Å². The SMILES string of the molecule is C[Si](C)(C)[C@@H]1C2C3C=CC(C3)C2[C@H]1[Si](C)(C)C. The summed E-state index contributed by atoms with van der Waals surface area (Å²) < 4.78 is 0. The Hall–Kier alpha value is 0.174. The van der Waals surface area contributed by atoms with Crippen molar-refractivity contribution in [3.63, 3.8) is 0 Å². The van der Waals surface area contributed by atoms with Gasteiger partial charge in [-0.15, -0.1) is 0 Å². The molecule has 2 heteroatoms. The first-order valence-corrected chi connectivity index (χ1v) is 14.5. The van der Waals surface area contributed by atoms with Gasteiger partial charge in [-0.2, -0.15) is 0 Å². The summed E-state index contributed by atoms with van der Waals surface area (Å²) in [5.41, 5.74) is 2.28. The zero-order chi connectivity index (χ0) is 12.6. The van der Waals surface area contributed by atoms with Crippen LogP contribution in [0.4, 0.5) is 0 Å². The second-order valence-electron chi connectivity index (χ2n) is 8.89. The van der Waals surface area contributed by atoms with Gasteiger partial charge in [0.2, 0.25) is 0 Å². The molecule has 2 fully saturated rings. The van der Waals surface area contributed by atoms with Gasteiger partial charge in [0.05, 0.1) is 0 Å². The van der Waals surface area contributed by atoms with Crippen LogP contribution in [0.1, 0.15) is 6.42 Å². The van der Waals surface area contributed by atoms with Gasteiger partial charge in [0, 0.05) is 16.1 Å². The lowest BCUT2D eigenvalue weighted by molar-refractivity contribution is 0.151. The van der Waals surface area contributed by atoms with Gasteiger partial charge >= 0.3 is 0 Å². The summed E-state index contributed by atoms with van der Waals surface area (Å²) >= 11 is 0. The van der Waals surface area contributed by atoms with Gasteiger partial charge in [-0.1, -0.05) is 51.4 Å². The molecule has 2 bridgehead atoms. The molecule has 0 amide bonds. The molecule has 96 valence electrons. The van der Waals surface area contributed by atoms with Crippen LogP contribution in [0, 0.1) is 23.7 Å². The van der Waals surface area contributed by atoms with Crippen molar-refractivity contribution in [3.8, 4) is 0 Å². The second kappa shape index (κ2) is 3.38. The van der Waals surface area contributed by atoms with Crippen molar-refractivity contribution in [1.29, 1.82) is 0 Å². The monoisotopic (exact) mass is 264 g/mol. The zero-order valence-corrected chi connectivity index (χ0v) is 14.3. The van der Waals surface area contributed by atoms with Crippen LogP contribution < -0.4 is 0 Å². The lowest BCUT2D eigenvalue weighted by Gasteiger charge is -2.62. The Kier molecular flexibility index (Phi) is 2.43. The van der Waals surface area contributed by atoms with E-state index < -0.39 is 16.1 Å². The van der Waals surface area contributed by atoms with E-state index in [-0.39, 0.29) is 0 Å². The Morgan fingerprint density at radius 3 is 1.35 bits per heavy atom. The number of fused-ring (bicyclic) bond motifs is 5. The van der Waals surface area contributed by atoms with Crippen LogP contribution in [0.15, 0.2) is 12.2 Å². The summed E-state index contributed by atoms with van der Waals surface area (Å²) in [5, 5.41) is 0. The third kappa shape index (κ3) is 1.59. The predicted octanol–water partition coefficient (Wildman–Crippen LogP) is 4.86. The van der Waals surface area contributed by atoms with Crippen molar-refractivity contribution in [1.82, 2.24) is 0 Å². The van der Waals surface area contributed by atoms with Gasteiger partial charge < -0.3 is 0 Å². The average Bonchev–Trinajstić information content (AvgIpc) is 2.53. The van der Waals surface area contributed by atoms with Gasteiger partial charge in [0.1, 0.15) is 0 Å². The summed E-state index contributed by atoms with van der Waals surface area (Å²) in [5.74, 6) is 4.17. The number of hydrogen-bond acceptors (Lipinski definition) is 0. The highest BCUT2D eigenvalue weighted by atomic mass is 28.3. The van der Waals surface area contributed by atoms with Crippen molar-refractivity contribution in [2.45, 2.75) is 56.8 Å². The molecule has 0 nitrogen and oxygen atoms in total. The number of rotatable bonds is 2. The summed E-state index contributed by atoms with van der Waals surface area (Å²) in [7, 11) is -1.94. The molecule has 0 radical (unpaired) electrons. The quantitative estimate of drug-likeness (QED) is 0.494. The maximum Gasteiger partial charge on any atom is 0.0476 e. The van der Waals surface area contributed by atoms with Crippen LogP contribution in [0.3, 0.4) is 0 Å². The smallest absolute Gasteiger partial charge is 0.0476 e. The molecule has 0 spiro atoms. The highest BCUT2D eigenvalue weighted by Crippen LogP contribution is 2.73. The van der Waals surface area contributed by atoms with Crippen LogP contribution in [0.25, 0.3) is 0 Å². The van der Waals surface area contributed by atoms with E-state index in [4.69, 9.17) is 0 Å². The zero-order valence-electron chi connectivity index (χ0n) is 12.3. The van der Waals surface area contributed by atoms with Gasteiger partial charge in [0.15, 0.2) is 0 Å². The minimum absolute atomic E-state index is 0.969. The average molecular weight is 265 g/mol. The van der Waals surface area contributed by atoms with Gasteiger partial charge in [-0.25, -0.2) is 0 Å². The molecule has 0 heterocycles. The third-order valence-electron chi connectivity index (χ3n) is 5.80. The fraction of sp³-hybridized carbons (Fsp3) is 0.867.